The van der Waals surface area contributed by atoms with Gasteiger partial charge in [0, 0.05) is 11.6 Å². The standard InChI is InChI=1S/C5H8O2.C3H3N/c1-4(2)5(6)7-3;1-2-3-4/h1H2,2-3H3;2H,1H2. The molecule has 0 radical (unpaired) electrons. The summed E-state index contributed by atoms with van der Waals surface area (Å²) in [6, 6.07) is 1.69. The first-order chi connectivity index (χ1) is 5.09. The number of carbonyl (C=O) groups excluding carboxylic acids is 1. The second-order valence-corrected chi connectivity index (χ2v) is 1.61. The molecule has 0 aliphatic rings. The quantitative estimate of drug-likeness (QED) is 0.325. The van der Waals surface area contributed by atoms with Gasteiger partial charge in [0.25, 0.3) is 0 Å². The van der Waals surface area contributed by atoms with E-state index in [1.807, 2.05) is 0 Å². The molecule has 60 valence electrons. The summed E-state index contributed by atoms with van der Waals surface area (Å²) in [5.41, 5.74) is 0.433. The second-order valence-electron chi connectivity index (χ2n) is 1.61. The van der Waals surface area contributed by atoms with Crippen molar-refractivity contribution in [2.24, 2.45) is 0 Å². The summed E-state index contributed by atoms with van der Waals surface area (Å²) in [4.78, 5) is 10.2. The molecule has 0 bridgehead atoms. The molecule has 0 N–H and O–H groups in total. The maximum Gasteiger partial charge on any atom is 0.332 e. The zero-order valence-corrected chi connectivity index (χ0v) is 6.76. The van der Waals surface area contributed by atoms with Gasteiger partial charge in [0.2, 0.25) is 0 Å². The van der Waals surface area contributed by atoms with Gasteiger partial charge in [0.1, 0.15) is 0 Å². The number of rotatable bonds is 1. The fourth-order valence-electron chi connectivity index (χ4n) is 0.174. The average Bonchev–Trinajstić information content (AvgIpc) is 2.03. The van der Waals surface area contributed by atoms with Crippen LogP contribution < -0.4 is 0 Å². The van der Waals surface area contributed by atoms with Crippen LogP contribution in [0.15, 0.2) is 24.8 Å². The minimum atomic E-state index is -0.347. The predicted molar refractivity (Wildman–Crippen MR) is 42.6 cm³/mol. The van der Waals surface area contributed by atoms with Crippen molar-refractivity contribution in [1.82, 2.24) is 0 Å². The smallest absolute Gasteiger partial charge is 0.332 e. The van der Waals surface area contributed by atoms with E-state index in [2.05, 4.69) is 17.9 Å². The van der Waals surface area contributed by atoms with Crippen LogP contribution in [-0.4, -0.2) is 13.1 Å². The lowest BCUT2D eigenvalue weighted by Crippen LogP contribution is -1.98. The summed E-state index contributed by atoms with van der Waals surface area (Å²) in [6.07, 6.45) is 1.18. The van der Waals surface area contributed by atoms with E-state index in [1.165, 1.54) is 13.2 Å². The lowest BCUT2D eigenvalue weighted by Gasteiger charge is -1.91. The van der Waals surface area contributed by atoms with E-state index in [4.69, 9.17) is 5.26 Å². The minimum Gasteiger partial charge on any atom is -0.466 e. The van der Waals surface area contributed by atoms with Crippen molar-refractivity contribution in [2.75, 3.05) is 7.11 Å². The van der Waals surface area contributed by atoms with E-state index >= 15 is 0 Å². The molecule has 0 unspecified atom stereocenters. The SMILES string of the molecule is C=C(C)C(=O)OC.C=CC#N. The normalized spacial score (nSPS) is 6.27. The summed E-state index contributed by atoms with van der Waals surface area (Å²) in [5, 5.41) is 7.51. The monoisotopic (exact) mass is 153 g/mol. The molecule has 3 nitrogen and oxygen atoms in total. The van der Waals surface area contributed by atoms with Gasteiger partial charge in [-0.25, -0.2) is 4.79 Å². The molecular weight excluding hydrogens is 142 g/mol. The van der Waals surface area contributed by atoms with Gasteiger partial charge < -0.3 is 4.74 Å². The van der Waals surface area contributed by atoms with Crippen molar-refractivity contribution in [3.05, 3.63) is 24.8 Å². The van der Waals surface area contributed by atoms with Gasteiger partial charge in [-0.1, -0.05) is 13.2 Å². The van der Waals surface area contributed by atoms with E-state index in [0.29, 0.717) is 5.57 Å². The largest absolute Gasteiger partial charge is 0.466 e. The molecule has 0 aromatic rings. The van der Waals surface area contributed by atoms with Crippen LogP contribution in [0.25, 0.3) is 0 Å². The maximum absolute atomic E-state index is 10.2. The lowest BCUT2D eigenvalue weighted by molar-refractivity contribution is -0.136. The van der Waals surface area contributed by atoms with Crippen molar-refractivity contribution >= 4 is 5.97 Å². The summed E-state index contributed by atoms with van der Waals surface area (Å²) in [5.74, 6) is -0.347. The summed E-state index contributed by atoms with van der Waals surface area (Å²) < 4.78 is 4.27. The van der Waals surface area contributed by atoms with Gasteiger partial charge >= 0.3 is 5.97 Å². The van der Waals surface area contributed by atoms with E-state index in [0.717, 1.165) is 0 Å². The first kappa shape index (κ1) is 12.1. The highest BCUT2D eigenvalue weighted by Crippen LogP contribution is 1.87. The fourth-order valence-corrected chi connectivity index (χ4v) is 0.174. The van der Waals surface area contributed by atoms with E-state index < -0.39 is 0 Å². The molecule has 0 saturated carbocycles. The lowest BCUT2D eigenvalue weighted by atomic mass is 10.4. The molecule has 0 aliphatic carbocycles. The van der Waals surface area contributed by atoms with E-state index in [9.17, 15) is 4.79 Å². The third kappa shape index (κ3) is 11.8. The molecule has 3 heteroatoms. The molecule has 0 fully saturated rings. The number of nitrogens with zero attached hydrogens (tertiary/aromatic N) is 1. The zero-order valence-electron chi connectivity index (χ0n) is 6.76. The molecule has 0 aliphatic heterocycles. The first-order valence-electron chi connectivity index (χ1n) is 2.84. The molecule has 0 rings (SSSR count). The average molecular weight is 153 g/mol. The number of nitriles is 1. The topological polar surface area (TPSA) is 50.1 Å². The number of carbonyl (C=O) groups is 1. The number of methoxy groups -OCH3 is 1. The zero-order chi connectivity index (χ0) is 9.28. The Kier molecular flexibility index (Phi) is 9.32. The highest BCUT2D eigenvalue weighted by Gasteiger charge is 1.95. The molecule has 0 amide bonds. The maximum atomic E-state index is 10.2. The molecule has 0 aromatic carbocycles. The van der Waals surface area contributed by atoms with Crippen LogP contribution in [0.2, 0.25) is 0 Å². The Bertz CT molecular complexity index is 189. The molecule has 0 aromatic heterocycles. The van der Waals surface area contributed by atoms with Crippen LogP contribution >= 0.6 is 0 Å². The van der Waals surface area contributed by atoms with Gasteiger partial charge in [0.15, 0.2) is 0 Å². The number of hydrogen-bond acceptors (Lipinski definition) is 3. The second kappa shape index (κ2) is 8.44. The van der Waals surface area contributed by atoms with Crippen LogP contribution in [0.3, 0.4) is 0 Å². The minimum absolute atomic E-state index is 0.347. The molecule has 0 heterocycles. The molecule has 0 saturated heterocycles. The van der Waals surface area contributed by atoms with Crippen LogP contribution in [0.1, 0.15) is 6.92 Å². The number of hydrogen-bond donors (Lipinski definition) is 0. The Morgan fingerprint density at radius 2 is 2.09 bits per heavy atom. The molecule has 0 spiro atoms. The Balaban J connectivity index is 0. The van der Waals surface area contributed by atoms with Crippen molar-refractivity contribution in [3.8, 4) is 6.07 Å². The summed E-state index contributed by atoms with van der Waals surface area (Å²) in [6.45, 7) is 8.07. The van der Waals surface area contributed by atoms with Gasteiger partial charge in [-0.3, -0.25) is 0 Å². The van der Waals surface area contributed by atoms with Gasteiger partial charge in [-0.15, -0.1) is 0 Å². The van der Waals surface area contributed by atoms with Crippen molar-refractivity contribution in [3.63, 3.8) is 0 Å². The van der Waals surface area contributed by atoms with E-state index in [-0.39, 0.29) is 5.97 Å². The first-order valence-corrected chi connectivity index (χ1v) is 2.84. The van der Waals surface area contributed by atoms with Gasteiger partial charge in [0.05, 0.1) is 13.2 Å². The highest BCUT2D eigenvalue weighted by atomic mass is 16.5. The van der Waals surface area contributed by atoms with Crippen LogP contribution in [0.5, 0.6) is 0 Å². The third-order valence-corrected chi connectivity index (χ3v) is 0.625. The van der Waals surface area contributed by atoms with Gasteiger partial charge in [-0.2, -0.15) is 5.26 Å². The number of esters is 1. The summed E-state index contributed by atoms with van der Waals surface area (Å²) in [7, 11) is 1.33. The predicted octanol–water partition coefficient (Wildman–Crippen LogP) is 1.43. The third-order valence-electron chi connectivity index (χ3n) is 0.625. The van der Waals surface area contributed by atoms with Crippen molar-refractivity contribution in [2.45, 2.75) is 6.92 Å². The number of ether oxygens (including phenoxy) is 1. The fraction of sp³-hybridized carbons (Fsp3) is 0.250. The molecule has 11 heavy (non-hydrogen) atoms. The Labute approximate surface area is 66.6 Å². The molecule has 0 atom stereocenters. The van der Waals surface area contributed by atoms with Crippen molar-refractivity contribution < 1.29 is 9.53 Å². The van der Waals surface area contributed by atoms with Gasteiger partial charge in [-0.05, 0) is 6.92 Å². The van der Waals surface area contributed by atoms with Crippen LogP contribution in [-0.2, 0) is 9.53 Å². The Hall–Kier alpha value is -1.56. The van der Waals surface area contributed by atoms with Crippen molar-refractivity contribution in [1.29, 1.82) is 5.26 Å². The van der Waals surface area contributed by atoms with Crippen LogP contribution in [0, 0.1) is 11.3 Å². The Morgan fingerprint density at radius 1 is 1.73 bits per heavy atom. The number of allylic oxidation sites excluding steroid dienone is 1. The van der Waals surface area contributed by atoms with E-state index in [1.54, 1.807) is 13.0 Å². The van der Waals surface area contributed by atoms with Crippen LogP contribution in [0.4, 0.5) is 0 Å². The Morgan fingerprint density at radius 3 is 2.09 bits per heavy atom. The molecular formula is C8H11NO2. The summed E-state index contributed by atoms with van der Waals surface area (Å²) >= 11 is 0. The highest BCUT2D eigenvalue weighted by molar-refractivity contribution is 5.86.